The predicted molar refractivity (Wildman–Crippen MR) is 106 cm³/mol. The number of benzene rings is 1. The van der Waals surface area contributed by atoms with Crippen molar-refractivity contribution >= 4 is 5.91 Å². The number of hydrogen-bond donors (Lipinski definition) is 1. The van der Waals surface area contributed by atoms with Crippen LogP contribution < -0.4 is 10.1 Å². The van der Waals surface area contributed by atoms with E-state index in [0.29, 0.717) is 24.8 Å². The maximum Gasteiger partial charge on any atom is 0.251 e. The predicted octanol–water partition coefficient (Wildman–Crippen LogP) is 2.85. The molecule has 1 aromatic heterocycles. The highest BCUT2D eigenvalue weighted by Gasteiger charge is 2.21. The number of piperidine rings is 1. The lowest BCUT2D eigenvalue weighted by molar-refractivity contribution is 0.0917. The third-order valence-electron chi connectivity index (χ3n) is 5.28. The molecule has 1 fully saturated rings. The fraction of sp³-hybridized carbons (Fsp3) is 0.524. The third kappa shape index (κ3) is 5.32. The van der Waals surface area contributed by atoms with Crippen LogP contribution in [0.2, 0.25) is 0 Å². The number of ether oxygens (including phenoxy) is 1. The van der Waals surface area contributed by atoms with Crippen LogP contribution in [0.25, 0.3) is 0 Å². The Hall–Kier alpha value is -2.34. The molecule has 2 heterocycles. The van der Waals surface area contributed by atoms with E-state index in [1.54, 1.807) is 18.3 Å². The zero-order valence-electron chi connectivity index (χ0n) is 16.5. The molecule has 1 aromatic carbocycles. The summed E-state index contributed by atoms with van der Waals surface area (Å²) in [5, 5.41) is 3.06. The number of imidazole rings is 1. The Morgan fingerprint density at radius 2 is 2.15 bits per heavy atom. The molecule has 146 valence electrons. The summed E-state index contributed by atoms with van der Waals surface area (Å²) in [5.41, 5.74) is 0.651. The van der Waals surface area contributed by atoms with E-state index >= 15 is 0 Å². The Bertz CT molecular complexity index is 741. The van der Waals surface area contributed by atoms with Crippen LogP contribution in [0, 0.1) is 5.92 Å². The molecular formula is C21H30N4O2. The van der Waals surface area contributed by atoms with Crippen molar-refractivity contribution in [3.8, 4) is 5.75 Å². The first kappa shape index (κ1) is 19.4. The van der Waals surface area contributed by atoms with Crippen LogP contribution in [0.1, 0.15) is 42.9 Å². The van der Waals surface area contributed by atoms with Crippen LogP contribution in [0.4, 0.5) is 0 Å². The molecule has 2 aromatic rings. The first-order chi connectivity index (χ1) is 13.0. The second-order valence-corrected chi connectivity index (χ2v) is 7.57. The zero-order chi connectivity index (χ0) is 19.2. The van der Waals surface area contributed by atoms with Gasteiger partial charge in [-0.05, 0) is 56.5 Å². The fourth-order valence-corrected chi connectivity index (χ4v) is 3.48. The first-order valence-corrected chi connectivity index (χ1v) is 9.74. The largest absolute Gasteiger partial charge is 0.486 e. The molecule has 6 heteroatoms. The summed E-state index contributed by atoms with van der Waals surface area (Å²) in [5.74, 6) is 2.29. The maximum absolute atomic E-state index is 12.4. The van der Waals surface area contributed by atoms with Gasteiger partial charge in [-0.2, -0.15) is 0 Å². The van der Waals surface area contributed by atoms with E-state index in [2.05, 4.69) is 29.0 Å². The van der Waals surface area contributed by atoms with Gasteiger partial charge in [0.2, 0.25) is 0 Å². The molecule has 0 spiro atoms. The molecule has 0 radical (unpaired) electrons. The molecule has 27 heavy (non-hydrogen) atoms. The number of carbonyl (C=O) groups excluding carboxylic acids is 1. The Labute approximate surface area is 161 Å². The van der Waals surface area contributed by atoms with Crippen LogP contribution in [0.3, 0.4) is 0 Å². The minimum atomic E-state index is -0.0393. The van der Waals surface area contributed by atoms with Crippen molar-refractivity contribution in [3.63, 3.8) is 0 Å². The van der Waals surface area contributed by atoms with Crippen molar-refractivity contribution in [3.05, 3.63) is 48.0 Å². The lowest BCUT2D eigenvalue weighted by Gasteiger charge is -2.35. The van der Waals surface area contributed by atoms with Crippen LogP contribution in [0.15, 0.2) is 36.7 Å². The van der Waals surface area contributed by atoms with Crippen LogP contribution in [-0.4, -0.2) is 46.0 Å². The summed E-state index contributed by atoms with van der Waals surface area (Å²) in [4.78, 5) is 19.1. The normalized spacial score (nSPS) is 18.9. The molecule has 3 rings (SSSR count). The number of carbonyl (C=O) groups is 1. The number of rotatable bonds is 7. The maximum atomic E-state index is 12.4. The Morgan fingerprint density at radius 3 is 2.81 bits per heavy atom. The molecule has 0 bridgehead atoms. The molecule has 0 aliphatic carbocycles. The van der Waals surface area contributed by atoms with E-state index < -0.39 is 0 Å². The summed E-state index contributed by atoms with van der Waals surface area (Å²) in [6.45, 7) is 7.81. The van der Waals surface area contributed by atoms with Crippen molar-refractivity contribution in [2.75, 3.05) is 19.6 Å². The molecule has 0 saturated carbocycles. The summed E-state index contributed by atoms with van der Waals surface area (Å²) < 4.78 is 7.65. The Balaban J connectivity index is 1.46. The quantitative estimate of drug-likeness (QED) is 0.814. The average molecular weight is 370 g/mol. The zero-order valence-corrected chi connectivity index (χ0v) is 16.5. The molecule has 1 amide bonds. The Morgan fingerprint density at radius 1 is 1.37 bits per heavy atom. The second-order valence-electron chi connectivity index (χ2n) is 7.57. The van der Waals surface area contributed by atoms with E-state index in [1.165, 1.54) is 12.8 Å². The van der Waals surface area contributed by atoms with Gasteiger partial charge in [-0.25, -0.2) is 4.98 Å². The minimum absolute atomic E-state index is 0.0393. The number of nitrogens with zero attached hydrogens (tertiary/aromatic N) is 3. The number of amides is 1. The highest BCUT2D eigenvalue weighted by Crippen LogP contribution is 2.17. The molecule has 2 atom stereocenters. The van der Waals surface area contributed by atoms with Crippen LogP contribution >= 0.6 is 0 Å². The monoisotopic (exact) mass is 370 g/mol. The summed E-state index contributed by atoms with van der Waals surface area (Å²) in [6.07, 6.45) is 6.19. The summed E-state index contributed by atoms with van der Waals surface area (Å²) in [6, 6.07) is 7.62. The fourth-order valence-electron chi connectivity index (χ4n) is 3.48. The van der Waals surface area contributed by atoms with Crippen molar-refractivity contribution < 1.29 is 9.53 Å². The van der Waals surface area contributed by atoms with Gasteiger partial charge in [0.05, 0.1) is 0 Å². The molecule has 6 nitrogen and oxygen atoms in total. The summed E-state index contributed by atoms with van der Waals surface area (Å²) in [7, 11) is 1.94. The molecule has 0 unspecified atom stereocenters. The van der Waals surface area contributed by atoms with Gasteiger partial charge in [-0.3, -0.25) is 9.69 Å². The molecule has 1 aliphatic heterocycles. The number of nitrogens with one attached hydrogen (secondary N) is 1. The number of likely N-dealkylation sites (tertiary alicyclic amines) is 1. The van der Waals surface area contributed by atoms with Gasteiger partial charge >= 0.3 is 0 Å². The summed E-state index contributed by atoms with van der Waals surface area (Å²) >= 11 is 0. The van der Waals surface area contributed by atoms with Gasteiger partial charge in [0.15, 0.2) is 0 Å². The van der Waals surface area contributed by atoms with E-state index in [9.17, 15) is 4.79 Å². The number of hydrogen-bond acceptors (Lipinski definition) is 4. The van der Waals surface area contributed by atoms with Crippen molar-refractivity contribution in [1.29, 1.82) is 0 Å². The molecule has 1 saturated heterocycles. The Kier molecular flexibility index (Phi) is 6.50. The van der Waals surface area contributed by atoms with Crippen molar-refractivity contribution in [2.24, 2.45) is 13.0 Å². The molecule has 1 N–H and O–H groups in total. The third-order valence-corrected chi connectivity index (χ3v) is 5.28. The van der Waals surface area contributed by atoms with Crippen molar-refractivity contribution in [1.82, 2.24) is 19.8 Å². The molecule has 1 aliphatic rings. The van der Waals surface area contributed by atoms with Gasteiger partial charge in [0, 0.05) is 44.1 Å². The van der Waals surface area contributed by atoms with E-state index in [0.717, 1.165) is 30.6 Å². The lowest BCUT2D eigenvalue weighted by Crippen LogP contribution is -2.46. The second kappa shape index (κ2) is 9.04. The first-order valence-electron chi connectivity index (χ1n) is 9.74. The number of aryl methyl sites for hydroxylation is 1. The smallest absolute Gasteiger partial charge is 0.251 e. The highest BCUT2D eigenvalue weighted by atomic mass is 16.5. The van der Waals surface area contributed by atoms with E-state index in [-0.39, 0.29) is 5.91 Å². The van der Waals surface area contributed by atoms with Gasteiger partial charge in [-0.1, -0.05) is 6.92 Å². The van der Waals surface area contributed by atoms with Crippen molar-refractivity contribution in [2.45, 2.75) is 39.3 Å². The van der Waals surface area contributed by atoms with Gasteiger partial charge in [-0.15, -0.1) is 0 Å². The van der Waals surface area contributed by atoms with Gasteiger partial charge < -0.3 is 14.6 Å². The SMILES string of the molecule is C[C@@H]1CCCN([C@H](C)CNC(=O)c2ccc(OCc3nccn3C)cc2)C1. The van der Waals surface area contributed by atoms with E-state index in [1.807, 2.05) is 29.9 Å². The topological polar surface area (TPSA) is 59.4 Å². The van der Waals surface area contributed by atoms with Crippen LogP contribution in [0.5, 0.6) is 5.75 Å². The highest BCUT2D eigenvalue weighted by molar-refractivity contribution is 5.94. The van der Waals surface area contributed by atoms with Gasteiger partial charge in [0.25, 0.3) is 5.91 Å². The average Bonchev–Trinajstić information content (AvgIpc) is 3.09. The van der Waals surface area contributed by atoms with E-state index in [4.69, 9.17) is 4.74 Å². The molecular weight excluding hydrogens is 340 g/mol. The number of aromatic nitrogens is 2. The van der Waals surface area contributed by atoms with Gasteiger partial charge in [0.1, 0.15) is 18.2 Å². The standard InChI is InChI=1S/C21H30N4O2/c1-16-5-4-11-25(14-16)17(2)13-23-21(26)18-6-8-19(9-7-18)27-15-20-22-10-12-24(20)3/h6-10,12,16-17H,4-5,11,13-15H2,1-3H3,(H,23,26)/t16-,17-/m1/s1. The lowest BCUT2D eigenvalue weighted by atomic mass is 9.99. The van der Waals surface area contributed by atoms with Crippen LogP contribution in [-0.2, 0) is 13.7 Å². The minimum Gasteiger partial charge on any atom is -0.486 e.